The van der Waals surface area contributed by atoms with Gasteiger partial charge in [-0.1, -0.05) is 13.3 Å². The van der Waals surface area contributed by atoms with Crippen LogP contribution in [0.3, 0.4) is 0 Å². The Kier molecular flexibility index (Phi) is 7.67. The van der Waals surface area contributed by atoms with Gasteiger partial charge in [0.2, 0.25) is 10.0 Å². The van der Waals surface area contributed by atoms with Crippen molar-refractivity contribution in [1.82, 2.24) is 9.29 Å². The number of nitrogens with one attached hydrogen (secondary N) is 1. The summed E-state index contributed by atoms with van der Waals surface area (Å²) < 4.78 is 31.2. The molecule has 0 bridgehead atoms. The van der Waals surface area contributed by atoms with Gasteiger partial charge in [-0.25, -0.2) is 22.5 Å². The SMILES string of the molecule is CCCCN(C)S(=O)(=O)c1ccc(C(=O)Nc2nc(C(=O)OCC)cs2)cc1. The maximum absolute atomic E-state index is 12.5. The van der Waals surface area contributed by atoms with Gasteiger partial charge in [0.25, 0.3) is 5.91 Å². The minimum atomic E-state index is -3.58. The van der Waals surface area contributed by atoms with E-state index < -0.39 is 21.9 Å². The van der Waals surface area contributed by atoms with E-state index in [-0.39, 0.29) is 27.9 Å². The van der Waals surface area contributed by atoms with Crippen LogP contribution in [-0.2, 0) is 14.8 Å². The monoisotopic (exact) mass is 425 g/mol. The molecule has 1 heterocycles. The standard InChI is InChI=1S/C18H23N3O5S2/c1-4-6-11-21(3)28(24,25)14-9-7-13(8-10-14)16(22)20-18-19-15(12-27-18)17(23)26-5-2/h7-10,12H,4-6,11H2,1-3H3,(H,19,20,22). The van der Waals surface area contributed by atoms with E-state index in [2.05, 4.69) is 10.3 Å². The Labute approximate surface area is 168 Å². The molecule has 0 aliphatic carbocycles. The van der Waals surface area contributed by atoms with Crippen molar-refractivity contribution < 1.29 is 22.7 Å². The molecule has 0 saturated heterocycles. The fraction of sp³-hybridized carbons (Fsp3) is 0.389. The van der Waals surface area contributed by atoms with Crippen LogP contribution in [-0.4, -0.2) is 49.8 Å². The molecule has 1 aromatic heterocycles. The number of sulfonamides is 1. The van der Waals surface area contributed by atoms with E-state index in [1.165, 1.54) is 41.0 Å². The molecule has 28 heavy (non-hydrogen) atoms. The fourth-order valence-corrected chi connectivity index (χ4v) is 4.14. The quantitative estimate of drug-likeness (QED) is 0.619. The topological polar surface area (TPSA) is 106 Å². The lowest BCUT2D eigenvalue weighted by Gasteiger charge is -2.16. The van der Waals surface area contributed by atoms with Gasteiger partial charge in [0.15, 0.2) is 10.8 Å². The maximum Gasteiger partial charge on any atom is 0.357 e. The first kappa shape index (κ1) is 22.0. The molecule has 0 unspecified atom stereocenters. The van der Waals surface area contributed by atoms with E-state index in [1.54, 1.807) is 6.92 Å². The lowest BCUT2D eigenvalue weighted by Crippen LogP contribution is -2.28. The summed E-state index contributed by atoms with van der Waals surface area (Å²) in [6.45, 7) is 4.36. The summed E-state index contributed by atoms with van der Waals surface area (Å²) in [5.74, 6) is -1.01. The van der Waals surface area contributed by atoms with Gasteiger partial charge < -0.3 is 4.74 Å². The number of carbonyl (C=O) groups is 2. The summed E-state index contributed by atoms with van der Waals surface area (Å²) in [5.41, 5.74) is 0.404. The second-order valence-electron chi connectivity index (χ2n) is 5.92. The van der Waals surface area contributed by atoms with Crippen LogP contribution in [0.5, 0.6) is 0 Å². The summed E-state index contributed by atoms with van der Waals surface area (Å²) in [5, 5.41) is 4.33. The highest BCUT2D eigenvalue weighted by atomic mass is 32.2. The number of anilines is 1. The molecule has 0 aliphatic rings. The van der Waals surface area contributed by atoms with Crippen molar-refractivity contribution in [1.29, 1.82) is 0 Å². The Morgan fingerprint density at radius 2 is 1.89 bits per heavy atom. The third-order valence-electron chi connectivity index (χ3n) is 3.86. The predicted octanol–water partition coefficient (Wildman–Crippen LogP) is 2.99. The number of aromatic nitrogens is 1. The second kappa shape index (κ2) is 9.76. The lowest BCUT2D eigenvalue weighted by atomic mass is 10.2. The van der Waals surface area contributed by atoms with Crippen molar-refractivity contribution >= 4 is 38.4 Å². The molecule has 2 aromatic rings. The minimum absolute atomic E-state index is 0.124. The number of esters is 1. The Morgan fingerprint density at radius 3 is 2.50 bits per heavy atom. The molecular weight excluding hydrogens is 402 g/mol. The number of amides is 1. The molecule has 8 nitrogen and oxygen atoms in total. The fourth-order valence-electron chi connectivity index (χ4n) is 2.26. The summed E-state index contributed by atoms with van der Waals surface area (Å²) in [4.78, 5) is 28.1. The summed E-state index contributed by atoms with van der Waals surface area (Å²) >= 11 is 1.10. The van der Waals surface area contributed by atoms with Gasteiger partial charge in [-0.15, -0.1) is 11.3 Å². The Balaban J connectivity index is 2.07. The van der Waals surface area contributed by atoms with Gasteiger partial charge in [0.05, 0.1) is 11.5 Å². The van der Waals surface area contributed by atoms with Gasteiger partial charge in [-0.3, -0.25) is 10.1 Å². The van der Waals surface area contributed by atoms with E-state index in [0.717, 1.165) is 24.2 Å². The van der Waals surface area contributed by atoms with E-state index in [4.69, 9.17) is 4.74 Å². The van der Waals surface area contributed by atoms with Crippen LogP contribution in [0.4, 0.5) is 5.13 Å². The average molecular weight is 426 g/mol. The molecule has 10 heteroatoms. The number of nitrogens with zero attached hydrogens (tertiary/aromatic N) is 2. The first-order valence-electron chi connectivity index (χ1n) is 8.80. The zero-order valence-corrected chi connectivity index (χ0v) is 17.6. The number of carbonyl (C=O) groups excluding carboxylic acids is 2. The van der Waals surface area contributed by atoms with Crippen molar-refractivity contribution in [3.8, 4) is 0 Å². The van der Waals surface area contributed by atoms with Gasteiger partial charge >= 0.3 is 5.97 Å². The van der Waals surface area contributed by atoms with Gasteiger partial charge in [-0.2, -0.15) is 0 Å². The average Bonchev–Trinajstić information content (AvgIpc) is 3.14. The predicted molar refractivity (Wildman–Crippen MR) is 107 cm³/mol. The van der Waals surface area contributed by atoms with E-state index >= 15 is 0 Å². The van der Waals surface area contributed by atoms with Crippen molar-refractivity contribution in [2.75, 3.05) is 25.5 Å². The van der Waals surface area contributed by atoms with Crippen LogP contribution in [0, 0.1) is 0 Å². The van der Waals surface area contributed by atoms with E-state index in [0.29, 0.717) is 6.54 Å². The smallest absolute Gasteiger partial charge is 0.357 e. The van der Waals surface area contributed by atoms with Gasteiger partial charge in [-0.05, 0) is 37.6 Å². The Bertz CT molecular complexity index is 923. The first-order valence-corrected chi connectivity index (χ1v) is 11.1. The van der Waals surface area contributed by atoms with Crippen LogP contribution in [0.2, 0.25) is 0 Å². The largest absolute Gasteiger partial charge is 0.461 e. The summed E-state index contributed by atoms with van der Waals surface area (Å²) in [7, 11) is -2.05. The lowest BCUT2D eigenvalue weighted by molar-refractivity contribution is 0.0520. The molecule has 1 aromatic carbocycles. The summed E-state index contributed by atoms with van der Waals surface area (Å²) in [6, 6.07) is 5.68. The summed E-state index contributed by atoms with van der Waals surface area (Å²) in [6.07, 6.45) is 1.67. The first-order chi connectivity index (χ1) is 13.3. The Hall–Kier alpha value is -2.30. The van der Waals surface area contributed by atoms with Crippen LogP contribution in [0.1, 0.15) is 47.5 Å². The molecule has 0 saturated carbocycles. The molecule has 0 radical (unpaired) electrons. The van der Waals surface area contributed by atoms with Crippen molar-refractivity contribution in [2.24, 2.45) is 0 Å². The van der Waals surface area contributed by atoms with Crippen LogP contribution in [0.25, 0.3) is 0 Å². The number of benzene rings is 1. The number of rotatable bonds is 9. The number of thiazole rings is 1. The zero-order chi connectivity index (χ0) is 20.7. The van der Waals surface area contributed by atoms with Crippen molar-refractivity contribution in [2.45, 2.75) is 31.6 Å². The van der Waals surface area contributed by atoms with E-state index in [1.807, 2.05) is 6.92 Å². The number of unbranched alkanes of at least 4 members (excludes halogenated alkanes) is 1. The third kappa shape index (κ3) is 5.37. The molecular formula is C18H23N3O5S2. The Morgan fingerprint density at radius 1 is 1.21 bits per heavy atom. The van der Waals surface area contributed by atoms with Crippen LogP contribution in [0.15, 0.2) is 34.5 Å². The number of ether oxygens (including phenoxy) is 1. The van der Waals surface area contributed by atoms with Crippen LogP contribution < -0.4 is 5.32 Å². The normalized spacial score (nSPS) is 11.4. The van der Waals surface area contributed by atoms with Crippen LogP contribution >= 0.6 is 11.3 Å². The third-order valence-corrected chi connectivity index (χ3v) is 6.49. The van der Waals surface area contributed by atoms with Crippen molar-refractivity contribution in [3.63, 3.8) is 0 Å². The number of hydrogen-bond acceptors (Lipinski definition) is 7. The minimum Gasteiger partial charge on any atom is -0.461 e. The van der Waals surface area contributed by atoms with E-state index in [9.17, 15) is 18.0 Å². The molecule has 0 aliphatic heterocycles. The molecule has 1 amide bonds. The molecule has 0 spiro atoms. The highest BCUT2D eigenvalue weighted by Crippen LogP contribution is 2.19. The molecule has 1 N–H and O–H groups in total. The zero-order valence-electron chi connectivity index (χ0n) is 16.0. The highest BCUT2D eigenvalue weighted by molar-refractivity contribution is 7.89. The van der Waals surface area contributed by atoms with Gasteiger partial charge in [0.1, 0.15) is 0 Å². The molecule has 0 atom stereocenters. The molecule has 2 rings (SSSR count). The molecule has 0 fully saturated rings. The maximum atomic E-state index is 12.5. The van der Waals surface area contributed by atoms with Gasteiger partial charge in [0, 0.05) is 24.5 Å². The molecule has 152 valence electrons. The number of hydrogen-bond donors (Lipinski definition) is 1. The highest BCUT2D eigenvalue weighted by Gasteiger charge is 2.21. The van der Waals surface area contributed by atoms with Crippen molar-refractivity contribution in [3.05, 3.63) is 40.9 Å². The second-order valence-corrected chi connectivity index (χ2v) is 8.82.